The van der Waals surface area contributed by atoms with Crippen molar-refractivity contribution in [2.45, 2.75) is 25.1 Å². The first kappa shape index (κ1) is 12.9. The Morgan fingerprint density at radius 1 is 1.38 bits per heavy atom. The van der Waals surface area contributed by atoms with E-state index >= 15 is 0 Å². The monoisotopic (exact) mass is 243 g/mol. The quantitative estimate of drug-likeness (QED) is 0.824. The normalized spacial score (nSPS) is 15.2. The molecule has 0 aromatic carbocycles. The van der Waals surface area contributed by atoms with Crippen LogP contribution >= 0.6 is 0 Å². The first-order chi connectivity index (χ1) is 7.20. The van der Waals surface area contributed by atoms with E-state index in [0.717, 1.165) is 6.20 Å². The highest BCUT2D eigenvalue weighted by molar-refractivity contribution is 4.99. The highest BCUT2D eigenvalue weighted by atomic mass is 19.4. The van der Waals surface area contributed by atoms with Gasteiger partial charge in [0.2, 0.25) is 0 Å². The van der Waals surface area contributed by atoms with Gasteiger partial charge in [-0.25, -0.2) is 0 Å². The summed E-state index contributed by atoms with van der Waals surface area (Å²) < 4.78 is 62.9. The second-order valence-corrected chi connectivity index (χ2v) is 3.31. The summed E-state index contributed by atoms with van der Waals surface area (Å²) in [5, 5.41) is 3.52. The summed E-state index contributed by atoms with van der Waals surface area (Å²) in [6.45, 7) is 0.628. The lowest BCUT2D eigenvalue weighted by Gasteiger charge is -2.27. The van der Waals surface area contributed by atoms with E-state index in [1.165, 1.54) is 13.0 Å². The average molecular weight is 243 g/mol. The minimum atomic E-state index is -5.64. The summed E-state index contributed by atoms with van der Waals surface area (Å²) in [4.78, 5) is 0. The van der Waals surface area contributed by atoms with E-state index in [1.54, 1.807) is 0 Å². The fraction of sp³-hybridized carbons (Fsp3) is 0.625. The summed E-state index contributed by atoms with van der Waals surface area (Å²) in [6, 6.07) is -0.893. The molecule has 0 amide bonds. The van der Waals surface area contributed by atoms with Gasteiger partial charge >= 0.3 is 12.1 Å². The summed E-state index contributed by atoms with van der Waals surface area (Å²) >= 11 is 0. The number of alkyl halides is 5. The summed E-state index contributed by atoms with van der Waals surface area (Å²) in [5.41, 5.74) is 5.30. The SMILES string of the molecule is Cc1ccn(C(CN)C(F)(F)C(F)(F)F)n1. The Labute approximate surface area is 88.0 Å². The van der Waals surface area contributed by atoms with Crippen molar-refractivity contribution in [1.29, 1.82) is 0 Å². The lowest BCUT2D eigenvalue weighted by atomic mass is 10.1. The Hall–Kier alpha value is -1.18. The fourth-order valence-electron chi connectivity index (χ4n) is 1.22. The van der Waals surface area contributed by atoms with Gasteiger partial charge in [0.1, 0.15) is 6.04 Å². The number of hydrogen-bond acceptors (Lipinski definition) is 2. The second-order valence-electron chi connectivity index (χ2n) is 3.31. The van der Waals surface area contributed by atoms with Crippen molar-refractivity contribution < 1.29 is 22.0 Å². The van der Waals surface area contributed by atoms with Gasteiger partial charge in [-0.1, -0.05) is 0 Å². The molecule has 1 atom stereocenters. The van der Waals surface area contributed by atoms with Gasteiger partial charge in [-0.05, 0) is 13.0 Å². The van der Waals surface area contributed by atoms with E-state index < -0.39 is 24.7 Å². The molecule has 0 radical (unpaired) electrons. The third-order valence-electron chi connectivity index (χ3n) is 2.08. The molecule has 1 heterocycles. The Morgan fingerprint density at radius 3 is 2.25 bits per heavy atom. The predicted octanol–water partition coefficient (Wildman–Crippen LogP) is 1.89. The van der Waals surface area contributed by atoms with Crippen LogP contribution in [-0.4, -0.2) is 28.4 Å². The summed E-state index contributed by atoms with van der Waals surface area (Å²) in [5.74, 6) is -4.90. The van der Waals surface area contributed by atoms with Crippen molar-refractivity contribution >= 4 is 0 Å². The van der Waals surface area contributed by atoms with Crippen LogP contribution in [0.15, 0.2) is 12.3 Å². The Morgan fingerprint density at radius 2 is 1.94 bits per heavy atom. The van der Waals surface area contributed by atoms with E-state index in [2.05, 4.69) is 5.10 Å². The highest BCUT2D eigenvalue weighted by Crippen LogP contribution is 2.42. The van der Waals surface area contributed by atoms with Gasteiger partial charge < -0.3 is 5.73 Å². The number of halogens is 5. The van der Waals surface area contributed by atoms with Crippen LogP contribution in [0.5, 0.6) is 0 Å². The van der Waals surface area contributed by atoms with Crippen LogP contribution < -0.4 is 5.73 Å². The number of nitrogens with zero attached hydrogens (tertiary/aromatic N) is 2. The van der Waals surface area contributed by atoms with Crippen LogP contribution in [0.3, 0.4) is 0 Å². The molecule has 8 heteroatoms. The van der Waals surface area contributed by atoms with Crippen molar-refractivity contribution in [2.75, 3.05) is 6.54 Å². The molecule has 0 aliphatic heterocycles. The largest absolute Gasteiger partial charge is 0.455 e. The first-order valence-corrected chi connectivity index (χ1v) is 4.36. The molecule has 1 unspecified atom stereocenters. The minimum Gasteiger partial charge on any atom is -0.328 e. The summed E-state index contributed by atoms with van der Waals surface area (Å²) in [7, 11) is 0. The molecule has 92 valence electrons. The second kappa shape index (κ2) is 4.00. The predicted molar refractivity (Wildman–Crippen MR) is 46.1 cm³/mol. The van der Waals surface area contributed by atoms with Gasteiger partial charge in [0, 0.05) is 12.7 Å². The highest BCUT2D eigenvalue weighted by Gasteiger charge is 2.62. The molecule has 16 heavy (non-hydrogen) atoms. The molecule has 2 N–H and O–H groups in total. The molecule has 0 spiro atoms. The van der Waals surface area contributed by atoms with Crippen molar-refractivity contribution in [2.24, 2.45) is 5.73 Å². The van der Waals surface area contributed by atoms with Gasteiger partial charge in [-0.15, -0.1) is 0 Å². The van der Waals surface area contributed by atoms with Gasteiger partial charge in [0.15, 0.2) is 0 Å². The molecule has 0 aliphatic carbocycles. The van der Waals surface area contributed by atoms with E-state index in [-0.39, 0.29) is 0 Å². The fourth-order valence-corrected chi connectivity index (χ4v) is 1.22. The number of aromatic nitrogens is 2. The maximum atomic E-state index is 13.0. The Balaban J connectivity index is 3.08. The van der Waals surface area contributed by atoms with E-state index in [4.69, 9.17) is 5.73 Å². The Bertz CT molecular complexity index is 357. The van der Waals surface area contributed by atoms with E-state index in [1.807, 2.05) is 0 Å². The van der Waals surface area contributed by atoms with E-state index in [0.29, 0.717) is 10.4 Å². The summed E-state index contributed by atoms with van der Waals surface area (Å²) in [6.07, 6.45) is -4.59. The third-order valence-corrected chi connectivity index (χ3v) is 2.08. The lowest BCUT2D eigenvalue weighted by molar-refractivity contribution is -0.298. The van der Waals surface area contributed by atoms with Gasteiger partial charge in [0.25, 0.3) is 0 Å². The molecule has 0 fully saturated rings. The van der Waals surface area contributed by atoms with Gasteiger partial charge in [-0.2, -0.15) is 27.1 Å². The van der Waals surface area contributed by atoms with Crippen LogP contribution in [0.2, 0.25) is 0 Å². The van der Waals surface area contributed by atoms with Crippen LogP contribution in [0, 0.1) is 6.92 Å². The molecule has 0 saturated carbocycles. The molecular formula is C8H10F5N3. The lowest BCUT2D eigenvalue weighted by Crippen LogP contribution is -2.47. The average Bonchev–Trinajstić information content (AvgIpc) is 2.50. The third kappa shape index (κ3) is 2.16. The smallest absolute Gasteiger partial charge is 0.328 e. The number of hydrogen-bond donors (Lipinski definition) is 1. The molecule has 1 aromatic rings. The van der Waals surface area contributed by atoms with Crippen molar-refractivity contribution in [3.05, 3.63) is 18.0 Å². The van der Waals surface area contributed by atoms with Crippen LogP contribution in [0.25, 0.3) is 0 Å². The molecular weight excluding hydrogens is 233 g/mol. The Kier molecular flexibility index (Phi) is 3.22. The first-order valence-electron chi connectivity index (χ1n) is 4.36. The molecule has 0 bridgehead atoms. The van der Waals surface area contributed by atoms with Gasteiger partial charge in [0.05, 0.1) is 5.69 Å². The maximum absolute atomic E-state index is 13.0. The van der Waals surface area contributed by atoms with E-state index in [9.17, 15) is 22.0 Å². The number of aryl methyl sites for hydroxylation is 1. The van der Waals surface area contributed by atoms with Crippen molar-refractivity contribution in [1.82, 2.24) is 9.78 Å². The zero-order valence-electron chi connectivity index (χ0n) is 8.30. The standard InChI is InChI=1S/C8H10F5N3/c1-5-2-3-16(15-5)6(4-14)7(9,10)8(11,12)13/h2-3,6H,4,14H2,1H3. The van der Waals surface area contributed by atoms with Gasteiger partial charge in [-0.3, -0.25) is 4.68 Å². The molecule has 0 saturated heterocycles. The zero-order valence-corrected chi connectivity index (χ0v) is 8.30. The zero-order chi connectivity index (χ0) is 12.6. The van der Waals surface area contributed by atoms with Crippen LogP contribution in [0.4, 0.5) is 22.0 Å². The number of nitrogens with two attached hydrogens (primary N) is 1. The maximum Gasteiger partial charge on any atom is 0.455 e. The molecule has 1 rings (SSSR count). The minimum absolute atomic E-state index is 0.344. The van der Waals surface area contributed by atoms with Crippen LogP contribution in [-0.2, 0) is 0 Å². The number of rotatable bonds is 3. The molecule has 0 aliphatic rings. The molecule has 1 aromatic heterocycles. The van der Waals surface area contributed by atoms with Crippen LogP contribution in [0.1, 0.15) is 11.7 Å². The molecule has 3 nitrogen and oxygen atoms in total. The van der Waals surface area contributed by atoms with Crippen molar-refractivity contribution in [3.63, 3.8) is 0 Å². The topological polar surface area (TPSA) is 43.8 Å². The van der Waals surface area contributed by atoms with Crippen molar-refractivity contribution in [3.8, 4) is 0 Å².